The highest BCUT2D eigenvalue weighted by molar-refractivity contribution is 14.0. The Morgan fingerprint density at radius 3 is 2.53 bits per heavy atom. The van der Waals surface area contributed by atoms with Gasteiger partial charge in [0.15, 0.2) is 5.96 Å². The Morgan fingerprint density at radius 1 is 1.13 bits per heavy atom. The predicted octanol–water partition coefficient (Wildman–Crippen LogP) is 4.32. The molecule has 0 bridgehead atoms. The largest absolute Gasteiger partial charge is 0.444 e. The molecule has 1 aromatic rings. The molecule has 30 heavy (non-hydrogen) atoms. The molecule has 0 aromatic heterocycles. The number of benzene rings is 1. The van der Waals surface area contributed by atoms with Gasteiger partial charge in [-0.1, -0.05) is 30.3 Å². The number of nitrogens with zero attached hydrogens (tertiary/aromatic N) is 3. The summed E-state index contributed by atoms with van der Waals surface area (Å²) in [6, 6.07) is 10.7. The molecule has 1 N–H and O–H groups in total. The monoisotopic (exact) mass is 528 g/mol. The van der Waals surface area contributed by atoms with Crippen LogP contribution in [0.3, 0.4) is 0 Å². The second-order valence-corrected chi connectivity index (χ2v) is 9.21. The van der Waals surface area contributed by atoms with Gasteiger partial charge < -0.3 is 19.9 Å². The van der Waals surface area contributed by atoms with Gasteiger partial charge in [-0.3, -0.25) is 4.99 Å². The summed E-state index contributed by atoms with van der Waals surface area (Å²) in [6.07, 6.45) is 3.09. The molecule has 2 saturated heterocycles. The fraction of sp³-hybridized carbons (Fsp3) is 0.652. The molecule has 0 saturated carbocycles. The topological polar surface area (TPSA) is 57.2 Å². The van der Waals surface area contributed by atoms with Crippen LogP contribution in [0.15, 0.2) is 35.3 Å². The third kappa shape index (κ3) is 7.03. The number of nitrogens with one attached hydrogen (secondary N) is 1. The minimum absolute atomic E-state index is 0. The summed E-state index contributed by atoms with van der Waals surface area (Å²) in [6.45, 7) is 10.1. The Hall–Kier alpha value is -1.51. The number of hydrogen-bond acceptors (Lipinski definition) is 3. The number of carbonyl (C=O) groups excluding carboxylic acids is 1. The van der Waals surface area contributed by atoms with Gasteiger partial charge in [-0.05, 0) is 51.5 Å². The van der Waals surface area contributed by atoms with E-state index in [1.165, 1.54) is 5.56 Å². The first-order valence-electron chi connectivity index (χ1n) is 10.8. The fourth-order valence-corrected chi connectivity index (χ4v) is 4.24. The van der Waals surface area contributed by atoms with E-state index in [2.05, 4.69) is 45.5 Å². The van der Waals surface area contributed by atoms with Crippen molar-refractivity contribution in [2.24, 2.45) is 10.9 Å². The third-order valence-electron chi connectivity index (χ3n) is 5.69. The second kappa shape index (κ2) is 11.2. The lowest BCUT2D eigenvalue weighted by atomic mass is 9.98. The van der Waals surface area contributed by atoms with Gasteiger partial charge in [0.25, 0.3) is 0 Å². The van der Waals surface area contributed by atoms with Gasteiger partial charge in [0.05, 0.1) is 0 Å². The lowest BCUT2D eigenvalue weighted by Gasteiger charge is -2.34. The number of carbonyl (C=O) groups is 1. The van der Waals surface area contributed by atoms with Crippen molar-refractivity contribution in [1.82, 2.24) is 15.1 Å². The van der Waals surface area contributed by atoms with Gasteiger partial charge in [0.1, 0.15) is 5.60 Å². The summed E-state index contributed by atoms with van der Waals surface area (Å²) in [5.41, 5.74) is 0.959. The van der Waals surface area contributed by atoms with E-state index in [0.29, 0.717) is 11.8 Å². The van der Waals surface area contributed by atoms with Crippen LogP contribution < -0.4 is 5.32 Å². The first kappa shape index (κ1) is 24.8. The molecule has 1 amide bonds. The lowest BCUT2D eigenvalue weighted by molar-refractivity contribution is 0.0168. The van der Waals surface area contributed by atoms with Crippen LogP contribution in [0.25, 0.3) is 0 Å². The standard InChI is InChI=1S/C23H36N4O2.HI/c1-23(2,3)29-22(28)27-13-8-9-18(16-27)15-25-21(24-4)26-14-12-20(17-26)19-10-6-5-7-11-19;/h5-7,10-11,18,20H,8-9,12-17H2,1-4H3,(H,24,25);1H. The number of rotatable bonds is 3. The van der Waals surface area contributed by atoms with Crippen LogP contribution in [-0.4, -0.2) is 67.2 Å². The molecular formula is C23H37IN4O2. The van der Waals surface area contributed by atoms with E-state index in [4.69, 9.17) is 4.74 Å². The molecule has 168 valence electrons. The highest BCUT2D eigenvalue weighted by Crippen LogP contribution is 2.27. The zero-order valence-corrected chi connectivity index (χ0v) is 21.1. The van der Waals surface area contributed by atoms with E-state index in [0.717, 1.165) is 57.9 Å². The van der Waals surface area contributed by atoms with E-state index in [1.807, 2.05) is 32.7 Å². The molecule has 2 heterocycles. The Morgan fingerprint density at radius 2 is 1.87 bits per heavy atom. The van der Waals surface area contributed by atoms with Crippen LogP contribution in [0, 0.1) is 5.92 Å². The highest BCUT2D eigenvalue weighted by Gasteiger charge is 2.29. The number of likely N-dealkylation sites (tertiary alicyclic amines) is 2. The molecule has 2 aliphatic heterocycles. The lowest BCUT2D eigenvalue weighted by Crippen LogP contribution is -2.47. The van der Waals surface area contributed by atoms with Crippen LogP contribution in [0.4, 0.5) is 4.79 Å². The quantitative estimate of drug-likeness (QED) is 0.361. The molecule has 3 rings (SSSR count). The predicted molar refractivity (Wildman–Crippen MR) is 133 cm³/mol. The molecule has 0 radical (unpaired) electrons. The molecule has 1 aromatic carbocycles. The Balaban J connectivity index is 0.00000320. The van der Waals surface area contributed by atoms with E-state index < -0.39 is 5.60 Å². The maximum atomic E-state index is 12.4. The van der Waals surface area contributed by atoms with Crippen molar-refractivity contribution >= 4 is 36.0 Å². The second-order valence-electron chi connectivity index (χ2n) is 9.21. The Labute approximate surface area is 198 Å². The van der Waals surface area contributed by atoms with Crippen molar-refractivity contribution in [2.45, 2.75) is 51.6 Å². The first-order valence-corrected chi connectivity index (χ1v) is 10.8. The number of guanidine groups is 1. The zero-order valence-electron chi connectivity index (χ0n) is 18.8. The van der Waals surface area contributed by atoms with Crippen molar-refractivity contribution in [3.8, 4) is 0 Å². The van der Waals surface area contributed by atoms with Gasteiger partial charge in [-0.15, -0.1) is 24.0 Å². The number of aliphatic imine (C=N–C) groups is 1. The van der Waals surface area contributed by atoms with Gasteiger partial charge in [0, 0.05) is 45.7 Å². The molecule has 2 fully saturated rings. The average molecular weight is 528 g/mol. The van der Waals surface area contributed by atoms with Crippen molar-refractivity contribution in [3.05, 3.63) is 35.9 Å². The summed E-state index contributed by atoms with van der Waals surface area (Å²) < 4.78 is 5.54. The van der Waals surface area contributed by atoms with E-state index in [1.54, 1.807) is 0 Å². The smallest absolute Gasteiger partial charge is 0.410 e. The van der Waals surface area contributed by atoms with Crippen molar-refractivity contribution in [1.29, 1.82) is 0 Å². The molecule has 6 nitrogen and oxygen atoms in total. The van der Waals surface area contributed by atoms with Gasteiger partial charge in [-0.2, -0.15) is 0 Å². The van der Waals surface area contributed by atoms with Crippen molar-refractivity contribution in [2.75, 3.05) is 39.8 Å². The first-order chi connectivity index (χ1) is 13.9. The van der Waals surface area contributed by atoms with Crippen LogP contribution in [0.2, 0.25) is 0 Å². The Bertz CT molecular complexity index is 705. The van der Waals surface area contributed by atoms with E-state index >= 15 is 0 Å². The Kier molecular flexibility index (Phi) is 9.25. The molecule has 0 aliphatic carbocycles. The fourth-order valence-electron chi connectivity index (χ4n) is 4.24. The van der Waals surface area contributed by atoms with Crippen molar-refractivity contribution in [3.63, 3.8) is 0 Å². The van der Waals surface area contributed by atoms with E-state index in [9.17, 15) is 4.79 Å². The minimum Gasteiger partial charge on any atom is -0.444 e. The van der Waals surface area contributed by atoms with Crippen LogP contribution in [0.5, 0.6) is 0 Å². The number of ether oxygens (including phenoxy) is 1. The number of piperidine rings is 1. The van der Waals surface area contributed by atoms with Crippen LogP contribution >= 0.6 is 24.0 Å². The number of hydrogen-bond donors (Lipinski definition) is 1. The van der Waals surface area contributed by atoms with Gasteiger partial charge >= 0.3 is 6.09 Å². The maximum absolute atomic E-state index is 12.4. The molecule has 7 heteroatoms. The zero-order chi connectivity index (χ0) is 20.9. The maximum Gasteiger partial charge on any atom is 0.410 e. The summed E-state index contributed by atoms with van der Waals surface area (Å²) in [5, 5.41) is 3.56. The summed E-state index contributed by atoms with van der Waals surface area (Å²) in [7, 11) is 1.85. The van der Waals surface area contributed by atoms with Crippen molar-refractivity contribution < 1.29 is 9.53 Å². The summed E-state index contributed by atoms with van der Waals surface area (Å²) in [5.74, 6) is 1.95. The highest BCUT2D eigenvalue weighted by atomic mass is 127. The average Bonchev–Trinajstić information content (AvgIpc) is 3.18. The molecule has 2 atom stereocenters. The minimum atomic E-state index is -0.449. The molecule has 2 aliphatic rings. The van der Waals surface area contributed by atoms with Crippen LogP contribution in [-0.2, 0) is 4.74 Å². The SMILES string of the molecule is CN=C(NCC1CCCN(C(=O)OC(C)(C)C)C1)N1CCC(c2ccccc2)C1.I. The normalized spacial score (nSPS) is 22.5. The van der Waals surface area contributed by atoms with Gasteiger partial charge in [-0.25, -0.2) is 4.79 Å². The summed E-state index contributed by atoms with van der Waals surface area (Å²) in [4.78, 5) is 21.1. The molecular weight excluding hydrogens is 491 g/mol. The summed E-state index contributed by atoms with van der Waals surface area (Å²) >= 11 is 0. The van der Waals surface area contributed by atoms with Crippen LogP contribution in [0.1, 0.15) is 51.5 Å². The molecule has 0 spiro atoms. The number of halogens is 1. The number of amides is 1. The third-order valence-corrected chi connectivity index (χ3v) is 5.69. The molecule has 2 unspecified atom stereocenters. The van der Waals surface area contributed by atoms with E-state index in [-0.39, 0.29) is 30.1 Å². The van der Waals surface area contributed by atoms with Gasteiger partial charge in [0.2, 0.25) is 0 Å².